The second kappa shape index (κ2) is 5.81. The Morgan fingerprint density at radius 1 is 1.41 bits per heavy atom. The van der Waals surface area contributed by atoms with Crippen LogP contribution in [0.5, 0.6) is 5.75 Å². The highest BCUT2D eigenvalue weighted by Crippen LogP contribution is 2.30. The van der Waals surface area contributed by atoms with E-state index in [9.17, 15) is 5.11 Å². The molecule has 17 heavy (non-hydrogen) atoms. The second-order valence-electron chi connectivity index (χ2n) is 3.69. The van der Waals surface area contributed by atoms with Crippen molar-refractivity contribution in [2.45, 2.75) is 0 Å². The third-order valence-corrected chi connectivity index (χ3v) is 4.32. The third kappa shape index (κ3) is 3.10. The van der Waals surface area contributed by atoms with Crippen molar-refractivity contribution in [3.63, 3.8) is 0 Å². The number of hydrogen-bond acceptors (Lipinski definition) is 3. The summed E-state index contributed by atoms with van der Waals surface area (Å²) in [4.78, 5) is 2.75. The van der Waals surface area contributed by atoms with E-state index in [1.165, 1.54) is 0 Å². The van der Waals surface area contributed by atoms with Gasteiger partial charge in [0.2, 0.25) is 0 Å². The molecule has 0 atom stereocenters. The smallest absolute Gasteiger partial charge is 0.139 e. The molecule has 1 aromatic rings. The summed E-state index contributed by atoms with van der Waals surface area (Å²) >= 11 is 11.0. The van der Waals surface area contributed by atoms with E-state index in [1.54, 1.807) is 0 Å². The Balaban J connectivity index is 2.29. The van der Waals surface area contributed by atoms with Crippen LogP contribution in [0.15, 0.2) is 16.6 Å². The van der Waals surface area contributed by atoms with Gasteiger partial charge < -0.3 is 14.7 Å². The fourth-order valence-electron chi connectivity index (χ4n) is 1.67. The number of morpholine rings is 1. The highest BCUT2D eigenvalue weighted by atomic mass is 127. The van der Waals surface area contributed by atoms with Gasteiger partial charge in [0.15, 0.2) is 0 Å². The molecule has 0 bridgehead atoms. The summed E-state index contributed by atoms with van der Waals surface area (Å²) < 4.78 is 7.00. The van der Waals surface area contributed by atoms with Crippen LogP contribution in [0.1, 0.15) is 5.56 Å². The number of hydrogen-bond donors (Lipinski definition) is 1. The number of rotatable bonds is 1. The first kappa shape index (κ1) is 13.5. The van der Waals surface area contributed by atoms with Crippen LogP contribution in [0.25, 0.3) is 0 Å². The highest BCUT2D eigenvalue weighted by Gasteiger charge is 2.19. The van der Waals surface area contributed by atoms with E-state index in [1.807, 2.05) is 12.1 Å². The van der Waals surface area contributed by atoms with E-state index < -0.39 is 0 Å². The maximum atomic E-state index is 10.0. The third-order valence-electron chi connectivity index (χ3n) is 2.56. The number of nitrogens with zero attached hydrogens (tertiary/aromatic N) is 1. The first-order valence-corrected chi connectivity index (χ1v) is 7.42. The Labute approximate surface area is 127 Å². The predicted molar refractivity (Wildman–Crippen MR) is 82.6 cm³/mol. The molecule has 0 aromatic heterocycles. The number of aromatic hydroxyl groups is 1. The molecule has 0 radical (unpaired) electrons. The van der Waals surface area contributed by atoms with Crippen molar-refractivity contribution in [1.82, 2.24) is 4.90 Å². The normalized spacial score (nSPS) is 16.0. The van der Waals surface area contributed by atoms with Crippen molar-refractivity contribution in [3.8, 4) is 5.75 Å². The molecule has 1 aromatic carbocycles. The quantitative estimate of drug-likeness (QED) is 0.551. The van der Waals surface area contributed by atoms with Crippen LogP contribution in [-0.2, 0) is 4.74 Å². The summed E-state index contributed by atoms with van der Waals surface area (Å²) in [5.74, 6) is 0.255. The topological polar surface area (TPSA) is 32.7 Å². The largest absolute Gasteiger partial charge is 0.506 e. The van der Waals surface area contributed by atoms with Crippen molar-refractivity contribution >= 4 is 55.7 Å². The molecule has 1 N–H and O–H groups in total. The molecule has 92 valence electrons. The van der Waals surface area contributed by atoms with Crippen LogP contribution in [0.2, 0.25) is 0 Å². The van der Waals surface area contributed by atoms with Crippen LogP contribution >= 0.6 is 50.7 Å². The lowest BCUT2D eigenvalue weighted by molar-refractivity contribution is 0.0692. The number of thiocarbonyl (C=S) groups is 1. The zero-order valence-corrected chi connectivity index (χ0v) is 13.5. The van der Waals surface area contributed by atoms with E-state index in [-0.39, 0.29) is 5.75 Å². The lowest BCUT2D eigenvalue weighted by atomic mass is 10.2. The van der Waals surface area contributed by atoms with E-state index in [2.05, 4.69) is 43.4 Å². The summed E-state index contributed by atoms with van der Waals surface area (Å²) in [6, 6.07) is 3.72. The van der Waals surface area contributed by atoms with Gasteiger partial charge in [-0.1, -0.05) is 28.1 Å². The van der Waals surface area contributed by atoms with Crippen molar-refractivity contribution < 1.29 is 9.84 Å². The molecule has 1 aliphatic rings. The van der Waals surface area contributed by atoms with Gasteiger partial charge in [-0.15, -0.1) is 0 Å². The average Bonchev–Trinajstić information content (AvgIpc) is 2.34. The summed E-state index contributed by atoms with van der Waals surface area (Å²) in [5.41, 5.74) is 0.709. The molecule has 0 unspecified atom stereocenters. The standard InChI is InChI=1S/C11H11BrINO2S/c12-7-5-8(10(15)9(13)6-7)11(17)14-1-3-16-4-2-14/h5-6,15H,1-4H2. The first-order valence-electron chi connectivity index (χ1n) is 5.14. The summed E-state index contributed by atoms with van der Waals surface area (Å²) in [6.07, 6.45) is 0. The molecule has 1 aliphatic heterocycles. The lowest BCUT2D eigenvalue weighted by Gasteiger charge is -2.29. The van der Waals surface area contributed by atoms with Crippen molar-refractivity contribution in [3.05, 3.63) is 25.7 Å². The molecular weight excluding hydrogens is 417 g/mol. The molecule has 3 nitrogen and oxygen atoms in total. The molecular formula is C11H11BrINO2S. The summed E-state index contributed by atoms with van der Waals surface area (Å²) in [7, 11) is 0. The molecule has 6 heteroatoms. The maximum Gasteiger partial charge on any atom is 0.139 e. The van der Waals surface area contributed by atoms with Gasteiger partial charge in [-0.25, -0.2) is 0 Å². The van der Waals surface area contributed by atoms with Gasteiger partial charge in [-0.2, -0.15) is 0 Å². The van der Waals surface area contributed by atoms with Gasteiger partial charge >= 0.3 is 0 Å². The Hall–Kier alpha value is 0.0800. The van der Waals surface area contributed by atoms with E-state index >= 15 is 0 Å². The molecule has 1 heterocycles. The maximum absolute atomic E-state index is 10.0. The minimum atomic E-state index is 0.255. The van der Waals surface area contributed by atoms with E-state index in [0.29, 0.717) is 23.8 Å². The fraction of sp³-hybridized carbons (Fsp3) is 0.364. The first-order chi connectivity index (χ1) is 8.09. The number of halogens is 2. The summed E-state index contributed by atoms with van der Waals surface area (Å²) in [5, 5.41) is 10.0. The van der Waals surface area contributed by atoms with Crippen molar-refractivity contribution in [2.75, 3.05) is 26.3 Å². The number of phenols is 1. The van der Waals surface area contributed by atoms with E-state index in [0.717, 1.165) is 21.1 Å². The Kier molecular flexibility index (Phi) is 4.62. The molecule has 0 spiro atoms. The van der Waals surface area contributed by atoms with Crippen LogP contribution in [0.4, 0.5) is 0 Å². The molecule has 1 fully saturated rings. The van der Waals surface area contributed by atoms with Crippen molar-refractivity contribution in [1.29, 1.82) is 0 Å². The van der Waals surface area contributed by atoms with Crippen molar-refractivity contribution in [2.24, 2.45) is 0 Å². The Morgan fingerprint density at radius 2 is 2.06 bits per heavy atom. The summed E-state index contributed by atoms with van der Waals surface area (Å²) in [6.45, 7) is 2.93. The van der Waals surface area contributed by atoms with Crippen LogP contribution in [0, 0.1) is 3.57 Å². The minimum Gasteiger partial charge on any atom is -0.506 e. The van der Waals surface area contributed by atoms with Gasteiger partial charge in [-0.05, 0) is 34.7 Å². The van der Waals surface area contributed by atoms with Gasteiger partial charge in [0.05, 0.1) is 22.3 Å². The number of benzene rings is 1. The van der Waals surface area contributed by atoms with Crippen LogP contribution < -0.4 is 0 Å². The molecule has 0 saturated carbocycles. The molecule has 1 saturated heterocycles. The van der Waals surface area contributed by atoms with Gasteiger partial charge in [0.25, 0.3) is 0 Å². The molecule has 0 amide bonds. The highest BCUT2D eigenvalue weighted by molar-refractivity contribution is 14.1. The van der Waals surface area contributed by atoms with Gasteiger partial charge in [0, 0.05) is 17.6 Å². The molecule has 2 rings (SSSR count). The lowest BCUT2D eigenvalue weighted by Crippen LogP contribution is -2.40. The second-order valence-corrected chi connectivity index (χ2v) is 6.15. The van der Waals surface area contributed by atoms with Gasteiger partial charge in [-0.3, -0.25) is 0 Å². The monoisotopic (exact) mass is 427 g/mol. The minimum absolute atomic E-state index is 0.255. The van der Waals surface area contributed by atoms with Crippen LogP contribution in [0.3, 0.4) is 0 Å². The Morgan fingerprint density at radius 3 is 2.71 bits per heavy atom. The van der Waals surface area contributed by atoms with E-state index in [4.69, 9.17) is 17.0 Å². The van der Waals surface area contributed by atoms with Crippen LogP contribution in [-0.4, -0.2) is 41.3 Å². The average molecular weight is 428 g/mol. The molecule has 0 aliphatic carbocycles. The SMILES string of the molecule is Oc1c(I)cc(Br)cc1C(=S)N1CCOCC1. The van der Waals surface area contributed by atoms with Gasteiger partial charge in [0.1, 0.15) is 10.7 Å². The Bertz CT molecular complexity index is 449. The zero-order chi connectivity index (χ0) is 12.4. The number of phenolic OH excluding ortho intramolecular Hbond substituents is 1. The zero-order valence-electron chi connectivity index (χ0n) is 8.95. The fourth-order valence-corrected chi connectivity index (χ4v) is 3.52. The number of ether oxygens (including phenoxy) is 1. The predicted octanol–water partition coefficient (Wildman–Crippen LogP) is 2.77.